The fraction of sp³-hybridized carbons (Fsp3) is 0.348. The molecule has 5 heteroatoms. The number of nitrogens with one attached hydrogen (secondary N) is 1. The lowest BCUT2D eigenvalue weighted by Gasteiger charge is -2.18. The minimum Gasteiger partial charge on any atom is -0.347 e. The van der Waals surface area contributed by atoms with Crippen molar-refractivity contribution in [3.05, 3.63) is 76.9 Å². The fourth-order valence-corrected chi connectivity index (χ4v) is 3.73. The number of hydrogen-bond acceptors (Lipinski definition) is 3. The van der Waals surface area contributed by atoms with Crippen LogP contribution in [0.3, 0.4) is 0 Å². The molecule has 3 aromatic rings. The summed E-state index contributed by atoms with van der Waals surface area (Å²) < 4.78 is 1.92. The monoisotopic (exact) mass is 374 g/mol. The Bertz CT molecular complexity index is 989. The number of hydrogen-bond donors (Lipinski definition) is 1. The van der Waals surface area contributed by atoms with E-state index in [1.165, 1.54) is 5.56 Å². The van der Waals surface area contributed by atoms with Crippen LogP contribution in [0.4, 0.5) is 0 Å². The number of carbonyl (C=O) groups is 1. The molecule has 144 valence electrons. The second kappa shape index (κ2) is 7.58. The Morgan fingerprint density at radius 1 is 1.18 bits per heavy atom. The molecule has 5 nitrogen and oxygen atoms in total. The predicted octanol–water partition coefficient (Wildman–Crippen LogP) is 4.00. The first-order chi connectivity index (χ1) is 13.5. The van der Waals surface area contributed by atoms with Gasteiger partial charge in [-0.3, -0.25) is 9.78 Å². The van der Waals surface area contributed by atoms with Crippen LogP contribution in [-0.4, -0.2) is 20.7 Å². The van der Waals surface area contributed by atoms with Gasteiger partial charge in [0.1, 0.15) is 0 Å². The van der Waals surface area contributed by atoms with E-state index < -0.39 is 0 Å². The second-order valence-corrected chi connectivity index (χ2v) is 7.71. The summed E-state index contributed by atoms with van der Waals surface area (Å²) in [6, 6.07) is 14.1. The predicted molar refractivity (Wildman–Crippen MR) is 109 cm³/mol. The van der Waals surface area contributed by atoms with Crippen molar-refractivity contribution in [3.63, 3.8) is 0 Å². The normalized spacial score (nSPS) is 14.7. The van der Waals surface area contributed by atoms with Gasteiger partial charge in [0.2, 0.25) is 5.91 Å². The van der Waals surface area contributed by atoms with E-state index in [-0.39, 0.29) is 11.9 Å². The molecule has 0 saturated heterocycles. The van der Waals surface area contributed by atoms with E-state index in [0.29, 0.717) is 12.3 Å². The van der Waals surface area contributed by atoms with Gasteiger partial charge in [0, 0.05) is 17.5 Å². The Morgan fingerprint density at radius 2 is 1.93 bits per heavy atom. The summed E-state index contributed by atoms with van der Waals surface area (Å²) in [6.45, 7) is 6.05. The molecule has 0 aliphatic heterocycles. The van der Waals surface area contributed by atoms with Crippen LogP contribution in [0.1, 0.15) is 47.1 Å². The van der Waals surface area contributed by atoms with E-state index in [1.54, 1.807) is 0 Å². The summed E-state index contributed by atoms with van der Waals surface area (Å²) in [5.74, 6) is 0.520. The van der Waals surface area contributed by atoms with Crippen molar-refractivity contribution in [2.75, 3.05) is 0 Å². The number of pyridine rings is 1. The van der Waals surface area contributed by atoms with Gasteiger partial charge in [-0.25, -0.2) is 4.68 Å². The van der Waals surface area contributed by atoms with Crippen LogP contribution in [-0.2, 0) is 11.2 Å². The summed E-state index contributed by atoms with van der Waals surface area (Å²) >= 11 is 0. The number of benzene rings is 1. The van der Waals surface area contributed by atoms with Crippen molar-refractivity contribution in [1.29, 1.82) is 0 Å². The zero-order valence-corrected chi connectivity index (χ0v) is 16.6. The largest absolute Gasteiger partial charge is 0.347 e. The van der Waals surface area contributed by atoms with Gasteiger partial charge < -0.3 is 5.32 Å². The molecule has 1 aromatic carbocycles. The summed E-state index contributed by atoms with van der Waals surface area (Å²) in [7, 11) is 0. The van der Waals surface area contributed by atoms with Crippen molar-refractivity contribution in [1.82, 2.24) is 20.1 Å². The average molecular weight is 374 g/mol. The smallest absolute Gasteiger partial charge is 0.225 e. The number of aromatic nitrogens is 3. The van der Waals surface area contributed by atoms with Gasteiger partial charge in [-0.2, -0.15) is 5.10 Å². The highest BCUT2D eigenvalue weighted by molar-refractivity contribution is 5.79. The molecule has 4 rings (SSSR count). The third-order valence-electron chi connectivity index (χ3n) is 5.44. The summed E-state index contributed by atoms with van der Waals surface area (Å²) in [4.78, 5) is 17.4. The van der Waals surface area contributed by atoms with Crippen molar-refractivity contribution in [2.24, 2.45) is 5.92 Å². The number of rotatable bonds is 6. The summed E-state index contributed by atoms with van der Waals surface area (Å²) in [5, 5.41) is 7.89. The van der Waals surface area contributed by atoms with Crippen molar-refractivity contribution >= 4 is 5.91 Å². The van der Waals surface area contributed by atoms with Crippen molar-refractivity contribution in [3.8, 4) is 5.69 Å². The van der Waals surface area contributed by atoms with Gasteiger partial charge in [-0.05, 0) is 69.4 Å². The molecule has 1 fully saturated rings. The van der Waals surface area contributed by atoms with Crippen LogP contribution in [0.15, 0.2) is 48.7 Å². The van der Waals surface area contributed by atoms with Gasteiger partial charge in [-0.15, -0.1) is 0 Å². The lowest BCUT2D eigenvalue weighted by Crippen LogP contribution is -2.32. The molecular formula is C23H26N4O. The first-order valence-corrected chi connectivity index (χ1v) is 9.85. The van der Waals surface area contributed by atoms with E-state index in [2.05, 4.69) is 28.4 Å². The van der Waals surface area contributed by atoms with Crippen LogP contribution in [0.25, 0.3) is 5.69 Å². The second-order valence-electron chi connectivity index (χ2n) is 7.71. The zero-order valence-electron chi connectivity index (χ0n) is 16.6. The Kier molecular flexibility index (Phi) is 4.99. The SMILES string of the molecule is Cc1ccnc([C@@H](NC(=O)Cc2c(C)nn(-c3ccccc3)c2C)C2CC2)c1. The quantitative estimate of drug-likeness (QED) is 0.709. The minimum absolute atomic E-state index is 0.00261. The molecule has 1 atom stereocenters. The fourth-order valence-electron chi connectivity index (χ4n) is 3.73. The number of aryl methyl sites for hydroxylation is 2. The molecular weight excluding hydrogens is 348 g/mol. The van der Waals surface area contributed by atoms with E-state index in [4.69, 9.17) is 0 Å². The lowest BCUT2D eigenvalue weighted by molar-refractivity contribution is -0.121. The summed E-state index contributed by atoms with van der Waals surface area (Å²) in [5.41, 5.74) is 6.04. The molecule has 1 saturated carbocycles. The maximum Gasteiger partial charge on any atom is 0.225 e. The molecule has 0 bridgehead atoms. The number of para-hydroxylation sites is 1. The highest BCUT2D eigenvalue weighted by atomic mass is 16.1. The van der Waals surface area contributed by atoms with Crippen LogP contribution in [0.2, 0.25) is 0 Å². The average Bonchev–Trinajstić information content (AvgIpc) is 3.49. The van der Waals surface area contributed by atoms with Crippen molar-refractivity contribution in [2.45, 2.75) is 46.1 Å². The van der Waals surface area contributed by atoms with Crippen LogP contribution in [0.5, 0.6) is 0 Å². The molecule has 1 amide bonds. The maximum absolute atomic E-state index is 12.9. The number of amides is 1. The van der Waals surface area contributed by atoms with Crippen molar-refractivity contribution < 1.29 is 4.79 Å². The van der Waals surface area contributed by atoms with Gasteiger partial charge in [0.15, 0.2) is 0 Å². The third-order valence-corrected chi connectivity index (χ3v) is 5.44. The molecule has 1 aliphatic carbocycles. The van der Waals surface area contributed by atoms with Gasteiger partial charge in [0.25, 0.3) is 0 Å². The molecule has 2 heterocycles. The first kappa shape index (κ1) is 18.4. The van der Waals surface area contributed by atoms with Gasteiger partial charge in [-0.1, -0.05) is 18.2 Å². The molecule has 1 aliphatic rings. The van der Waals surface area contributed by atoms with E-state index in [1.807, 2.05) is 61.1 Å². The molecule has 0 unspecified atom stereocenters. The Labute approximate surface area is 165 Å². The minimum atomic E-state index is -0.00261. The summed E-state index contributed by atoms with van der Waals surface area (Å²) in [6.07, 6.45) is 4.44. The molecule has 0 radical (unpaired) electrons. The Morgan fingerprint density at radius 3 is 2.61 bits per heavy atom. The van der Waals surface area contributed by atoms with Gasteiger partial charge >= 0.3 is 0 Å². The van der Waals surface area contributed by atoms with Crippen LogP contribution < -0.4 is 5.32 Å². The topological polar surface area (TPSA) is 59.8 Å². The number of nitrogens with zero attached hydrogens (tertiary/aromatic N) is 3. The Hall–Kier alpha value is -2.95. The highest BCUT2D eigenvalue weighted by Crippen LogP contribution is 2.40. The Balaban J connectivity index is 1.53. The molecule has 2 aromatic heterocycles. The highest BCUT2D eigenvalue weighted by Gasteiger charge is 2.34. The lowest BCUT2D eigenvalue weighted by atomic mass is 10.0. The molecule has 28 heavy (non-hydrogen) atoms. The standard InChI is InChI=1S/C23H26N4O/c1-15-11-12-24-21(13-15)23(18-9-10-18)25-22(28)14-20-16(2)26-27(17(20)3)19-7-5-4-6-8-19/h4-8,11-13,18,23H,9-10,14H2,1-3H3,(H,25,28)/t23-/m0/s1. The van der Waals surface area contributed by atoms with E-state index in [9.17, 15) is 4.79 Å². The molecule has 1 N–H and O–H groups in total. The zero-order chi connectivity index (χ0) is 19.7. The molecule has 0 spiro atoms. The first-order valence-electron chi connectivity index (χ1n) is 9.85. The van der Waals surface area contributed by atoms with Crippen LogP contribution >= 0.6 is 0 Å². The number of carbonyl (C=O) groups excluding carboxylic acids is 1. The maximum atomic E-state index is 12.9. The van der Waals surface area contributed by atoms with E-state index in [0.717, 1.165) is 41.2 Å². The van der Waals surface area contributed by atoms with E-state index >= 15 is 0 Å². The van der Waals surface area contributed by atoms with Crippen LogP contribution in [0, 0.1) is 26.7 Å². The van der Waals surface area contributed by atoms with Gasteiger partial charge in [0.05, 0.1) is 29.5 Å². The third kappa shape index (κ3) is 3.84.